The maximum atomic E-state index is 11.6. The minimum Gasteiger partial charge on any atom is -0.323 e. The van der Waals surface area contributed by atoms with E-state index in [4.69, 9.17) is 0 Å². The molecule has 88 valence electrons. The summed E-state index contributed by atoms with van der Waals surface area (Å²) < 4.78 is 2.10. The second kappa shape index (κ2) is 5.00. The number of anilines is 1. The lowest BCUT2D eigenvalue weighted by Crippen LogP contribution is -2.19. The lowest BCUT2D eigenvalue weighted by atomic mass is 10.3. The first kappa shape index (κ1) is 11.6. The summed E-state index contributed by atoms with van der Waals surface area (Å²) in [5, 5.41) is 13.2. The number of hydrogen-bond acceptors (Lipinski definition) is 5. The van der Waals surface area contributed by atoms with E-state index in [1.807, 2.05) is 13.0 Å². The van der Waals surface area contributed by atoms with Gasteiger partial charge in [-0.2, -0.15) is 0 Å². The van der Waals surface area contributed by atoms with E-state index < -0.39 is 0 Å². The zero-order valence-electron chi connectivity index (χ0n) is 8.96. The van der Waals surface area contributed by atoms with Crippen molar-refractivity contribution in [3.63, 3.8) is 0 Å². The van der Waals surface area contributed by atoms with Crippen LogP contribution in [0.25, 0.3) is 0 Å². The Labute approximate surface area is 105 Å². The number of pyridine rings is 1. The predicted octanol–water partition coefficient (Wildman–Crippen LogP) is 0.778. The van der Waals surface area contributed by atoms with E-state index in [0.717, 1.165) is 10.2 Å². The molecule has 1 N–H and O–H groups in total. The van der Waals surface area contributed by atoms with Crippen LogP contribution in [-0.2, 0) is 11.3 Å². The molecular weight excluding hydrogens is 288 g/mol. The van der Waals surface area contributed by atoms with E-state index in [1.54, 1.807) is 6.20 Å². The topological polar surface area (TPSA) is 85.6 Å². The summed E-state index contributed by atoms with van der Waals surface area (Å²) in [5.74, 6) is -0.208. The van der Waals surface area contributed by atoms with Crippen LogP contribution < -0.4 is 5.32 Å². The number of aromatic nitrogens is 5. The van der Waals surface area contributed by atoms with Gasteiger partial charge in [0.1, 0.15) is 17.5 Å². The molecule has 1 amide bonds. The fourth-order valence-electron chi connectivity index (χ4n) is 1.23. The number of nitrogens with one attached hydrogen (secondary N) is 1. The Morgan fingerprint density at radius 1 is 1.59 bits per heavy atom. The highest BCUT2D eigenvalue weighted by atomic mass is 79.9. The van der Waals surface area contributed by atoms with Gasteiger partial charge >= 0.3 is 0 Å². The molecule has 2 heterocycles. The fraction of sp³-hybridized carbons (Fsp3) is 0.222. The summed E-state index contributed by atoms with van der Waals surface area (Å²) in [7, 11) is 0. The minimum atomic E-state index is -0.208. The van der Waals surface area contributed by atoms with Gasteiger partial charge < -0.3 is 5.32 Å². The predicted molar refractivity (Wildman–Crippen MR) is 63.1 cm³/mol. The number of nitrogens with zero attached hydrogens (tertiary/aromatic N) is 5. The van der Waals surface area contributed by atoms with E-state index in [0.29, 0.717) is 5.69 Å². The van der Waals surface area contributed by atoms with Crippen molar-refractivity contribution in [3.05, 3.63) is 28.8 Å². The summed E-state index contributed by atoms with van der Waals surface area (Å²) in [5.41, 5.74) is 1.59. The van der Waals surface area contributed by atoms with Gasteiger partial charge in [-0.1, -0.05) is 0 Å². The molecule has 0 aromatic carbocycles. The van der Waals surface area contributed by atoms with Crippen molar-refractivity contribution >= 4 is 27.5 Å². The molecule has 7 nitrogen and oxygen atoms in total. The van der Waals surface area contributed by atoms with Crippen molar-refractivity contribution in [1.82, 2.24) is 25.2 Å². The number of hydrogen-bond donors (Lipinski definition) is 1. The van der Waals surface area contributed by atoms with Crippen molar-refractivity contribution in [3.8, 4) is 0 Å². The SMILES string of the molecule is Cc1cc(NC(=O)Cn2cnnn2)cnc1Br. The molecule has 0 aliphatic carbocycles. The largest absolute Gasteiger partial charge is 0.323 e. The molecule has 0 atom stereocenters. The molecular formula is C9H9BrN6O. The van der Waals surface area contributed by atoms with Crippen molar-refractivity contribution in [2.45, 2.75) is 13.5 Å². The van der Waals surface area contributed by atoms with Gasteiger partial charge in [-0.05, 0) is 44.9 Å². The molecule has 0 bridgehead atoms. The van der Waals surface area contributed by atoms with Crippen LogP contribution in [0.4, 0.5) is 5.69 Å². The van der Waals surface area contributed by atoms with Gasteiger partial charge in [0.25, 0.3) is 0 Å². The highest BCUT2D eigenvalue weighted by molar-refractivity contribution is 9.10. The number of amides is 1. The highest BCUT2D eigenvalue weighted by Gasteiger charge is 2.05. The smallest absolute Gasteiger partial charge is 0.246 e. The van der Waals surface area contributed by atoms with E-state index in [2.05, 4.69) is 41.8 Å². The van der Waals surface area contributed by atoms with Crippen molar-refractivity contribution in [2.75, 3.05) is 5.32 Å². The minimum absolute atomic E-state index is 0.0715. The summed E-state index contributed by atoms with van der Waals surface area (Å²) in [6.07, 6.45) is 2.96. The van der Waals surface area contributed by atoms with Crippen LogP contribution in [0, 0.1) is 6.92 Å². The summed E-state index contributed by atoms with van der Waals surface area (Å²) in [6.45, 7) is 1.97. The van der Waals surface area contributed by atoms with Crippen LogP contribution >= 0.6 is 15.9 Å². The maximum absolute atomic E-state index is 11.6. The van der Waals surface area contributed by atoms with Gasteiger partial charge in [0.15, 0.2) is 0 Å². The van der Waals surface area contributed by atoms with Crippen LogP contribution in [0.3, 0.4) is 0 Å². The van der Waals surface area contributed by atoms with Crippen LogP contribution in [-0.4, -0.2) is 31.1 Å². The van der Waals surface area contributed by atoms with Gasteiger partial charge in [0.2, 0.25) is 5.91 Å². The van der Waals surface area contributed by atoms with Crippen LogP contribution in [0.15, 0.2) is 23.2 Å². The Bertz CT molecular complexity index is 526. The van der Waals surface area contributed by atoms with Crippen molar-refractivity contribution < 1.29 is 4.79 Å². The van der Waals surface area contributed by atoms with Crippen molar-refractivity contribution in [2.24, 2.45) is 0 Å². The second-order valence-corrected chi connectivity index (χ2v) is 4.14. The van der Waals surface area contributed by atoms with Gasteiger partial charge in [0.05, 0.1) is 11.9 Å². The second-order valence-electron chi connectivity index (χ2n) is 3.39. The monoisotopic (exact) mass is 296 g/mol. The Kier molecular flexibility index (Phi) is 3.43. The van der Waals surface area contributed by atoms with Gasteiger partial charge in [0, 0.05) is 0 Å². The Hall–Kier alpha value is -1.83. The quantitative estimate of drug-likeness (QED) is 0.846. The molecule has 0 aliphatic rings. The molecule has 0 radical (unpaired) electrons. The lowest BCUT2D eigenvalue weighted by Gasteiger charge is -2.05. The first-order valence-electron chi connectivity index (χ1n) is 4.78. The van der Waals surface area contributed by atoms with Gasteiger partial charge in [-0.3, -0.25) is 4.79 Å². The fourth-order valence-corrected chi connectivity index (χ4v) is 1.44. The average molecular weight is 297 g/mol. The Morgan fingerprint density at radius 3 is 3.06 bits per heavy atom. The molecule has 0 spiro atoms. The van der Waals surface area contributed by atoms with E-state index in [1.165, 1.54) is 11.0 Å². The van der Waals surface area contributed by atoms with Gasteiger partial charge in [-0.15, -0.1) is 5.10 Å². The standard InChI is InChI=1S/C9H9BrN6O/c1-6-2-7(3-11-9(6)10)13-8(17)4-16-5-12-14-15-16/h2-3,5H,4H2,1H3,(H,13,17). The van der Waals surface area contributed by atoms with Crippen molar-refractivity contribution in [1.29, 1.82) is 0 Å². The van der Waals surface area contributed by atoms with Crippen LogP contribution in [0.2, 0.25) is 0 Å². The first-order valence-corrected chi connectivity index (χ1v) is 5.57. The molecule has 2 rings (SSSR count). The van der Waals surface area contributed by atoms with Crippen LogP contribution in [0.5, 0.6) is 0 Å². The number of aryl methyl sites for hydroxylation is 1. The third-order valence-corrected chi connectivity index (χ3v) is 2.83. The molecule has 8 heteroatoms. The Balaban J connectivity index is 2.00. The summed E-state index contributed by atoms with van der Waals surface area (Å²) >= 11 is 3.29. The average Bonchev–Trinajstić information content (AvgIpc) is 2.76. The van der Waals surface area contributed by atoms with Crippen LogP contribution in [0.1, 0.15) is 5.56 Å². The molecule has 0 saturated heterocycles. The van der Waals surface area contributed by atoms with Gasteiger partial charge in [-0.25, -0.2) is 9.67 Å². The number of halogens is 1. The lowest BCUT2D eigenvalue weighted by molar-refractivity contribution is -0.116. The zero-order chi connectivity index (χ0) is 12.3. The summed E-state index contributed by atoms with van der Waals surface area (Å²) in [4.78, 5) is 15.7. The number of carbonyl (C=O) groups is 1. The Morgan fingerprint density at radius 2 is 2.41 bits per heavy atom. The molecule has 0 saturated carbocycles. The molecule has 2 aromatic rings. The van der Waals surface area contributed by atoms with E-state index >= 15 is 0 Å². The van der Waals surface area contributed by atoms with E-state index in [-0.39, 0.29) is 12.5 Å². The molecule has 17 heavy (non-hydrogen) atoms. The third-order valence-electron chi connectivity index (χ3n) is 2.00. The zero-order valence-corrected chi connectivity index (χ0v) is 10.5. The summed E-state index contributed by atoms with van der Waals surface area (Å²) in [6, 6.07) is 1.83. The van der Waals surface area contributed by atoms with E-state index in [9.17, 15) is 4.79 Å². The molecule has 0 fully saturated rings. The molecule has 0 aliphatic heterocycles. The number of carbonyl (C=O) groups excluding carboxylic acids is 1. The maximum Gasteiger partial charge on any atom is 0.246 e. The normalized spacial score (nSPS) is 10.2. The number of rotatable bonds is 3. The highest BCUT2D eigenvalue weighted by Crippen LogP contribution is 2.16. The molecule has 2 aromatic heterocycles. The molecule has 0 unspecified atom stereocenters. The third kappa shape index (κ3) is 3.06. The number of tetrazole rings is 1. The first-order chi connectivity index (χ1) is 8.15.